The summed E-state index contributed by atoms with van der Waals surface area (Å²) in [5.41, 5.74) is 6.56. The Hall–Kier alpha value is -2.99. The molecule has 0 aliphatic carbocycles. The first-order valence-corrected chi connectivity index (χ1v) is 10.6. The summed E-state index contributed by atoms with van der Waals surface area (Å²) in [4.78, 5) is 14.9. The topological polar surface area (TPSA) is 62.7 Å². The molecule has 0 aliphatic heterocycles. The highest BCUT2D eigenvalue weighted by molar-refractivity contribution is 7.21. The molecule has 148 valence electrons. The molecule has 0 spiro atoms. The lowest BCUT2D eigenvalue weighted by Gasteiger charge is -2.10. The highest BCUT2D eigenvalue weighted by Gasteiger charge is 2.14. The van der Waals surface area contributed by atoms with E-state index in [1.807, 2.05) is 6.92 Å². The average Bonchev–Trinajstić information content (AvgIpc) is 3.08. The van der Waals surface area contributed by atoms with Crippen molar-refractivity contribution in [3.05, 3.63) is 65.0 Å². The second-order valence-corrected chi connectivity index (χ2v) is 8.56. The molecule has 0 amide bonds. The fourth-order valence-electron chi connectivity index (χ4n) is 3.28. The van der Waals surface area contributed by atoms with Crippen LogP contribution in [-0.2, 0) is 0 Å². The largest absolute Gasteiger partial charge is 0.338 e. The zero-order chi connectivity index (χ0) is 20.5. The number of fused-ring (bicyclic) bond motifs is 1. The first kappa shape index (κ1) is 19.3. The number of aromatic nitrogens is 3. The van der Waals surface area contributed by atoms with Gasteiger partial charge in [-0.3, -0.25) is 0 Å². The minimum atomic E-state index is 0.508. The van der Waals surface area contributed by atoms with Crippen molar-refractivity contribution in [1.82, 2.24) is 15.0 Å². The molecule has 6 heteroatoms. The van der Waals surface area contributed by atoms with Gasteiger partial charge in [0.25, 0.3) is 0 Å². The molecule has 5 nitrogen and oxygen atoms in total. The number of nitrogens with zero attached hydrogens (tertiary/aromatic N) is 3. The van der Waals surface area contributed by atoms with Crippen LogP contribution in [0.5, 0.6) is 0 Å². The Kier molecular flexibility index (Phi) is 5.20. The molecule has 4 rings (SSSR count). The van der Waals surface area contributed by atoms with Crippen LogP contribution in [0.1, 0.15) is 42.3 Å². The van der Waals surface area contributed by atoms with Crippen LogP contribution < -0.4 is 10.6 Å². The fraction of sp³-hybridized carbons (Fsp3) is 0.261. The summed E-state index contributed by atoms with van der Waals surface area (Å²) >= 11 is 1.54. The van der Waals surface area contributed by atoms with Gasteiger partial charge >= 0.3 is 0 Å². The standard InChI is InChI=1S/C23H25N5S/c1-13(2)17-9-11-18(12-10-17)26-21-20-22(25-16(5)24-21)29-23(28-20)27-19-14(3)7-6-8-15(19)4/h6-13H,1-5H3,(H,27,28)(H,24,25,26). The second-order valence-electron chi connectivity index (χ2n) is 7.59. The Bertz CT molecular complexity index is 1140. The third-order valence-electron chi connectivity index (χ3n) is 4.92. The van der Waals surface area contributed by atoms with Gasteiger partial charge < -0.3 is 10.6 Å². The Labute approximate surface area is 175 Å². The van der Waals surface area contributed by atoms with Crippen LogP contribution in [0, 0.1) is 20.8 Å². The van der Waals surface area contributed by atoms with Gasteiger partial charge in [-0.2, -0.15) is 0 Å². The van der Waals surface area contributed by atoms with Gasteiger partial charge in [0.15, 0.2) is 15.8 Å². The van der Waals surface area contributed by atoms with Gasteiger partial charge in [-0.1, -0.05) is 55.5 Å². The fourth-order valence-corrected chi connectivity index (χ4v) is 4.17. The van der Waals surface area contributed by atoms with Crippen LogP contribution in [0.25, 0.3) is 10.3 Å². The Morgan fingerprint density at radius 3 is 2.17 bits per heavy atom. The van der Waals surface area contributed by atoms with Crippen LogP contribution in [0.4, 0.5) is 22.3 Å². The van der Waals surface area contributed by atoms with Gasteiger partial charge in [0.05, 0.1) is 0 Å². The van der Waals surface area contributed by atoms with E-state index in [0.29, 0.717) is 5.92 Å². The van der Waals surface area contributed by atoms with Gasteiger partial charge in [0, 0.05) is 11.4 Å². The minimum absolute atomic E-state index is 0.508. The number of para-hydroxylation sites is 1. The van der Waals surface area contributed by atoms with Gasteiger partial charge in [0.2, 0.25) is 0 Å². The van der Waals surface area contributed by atoms with Crippen molar-refractivity contribution >= 4 is 44.0 Å². The third-order valence-corrected chi connectivity index (χ3v) is 5.79. The summed E-state index contributed by atoms with van der Waals surface area (Å²) in [6.07, 6.45) is 0. The molecule has 0 atom stereocenters. The summed E-state index contributed by atoms with van der Waals surface area (Å²) in [7, 11) is 0. The van der Waals surface area contributed by atoms with Gasteiger partial charge in [0.1, 0.15) is 11.3 Å². The van der Waals surface area contributed by atoms with Gasteiger partial charge in [-0.15, -0.1) is 0 Å². The summed E-state index contributed by atoms with van der Waals surface area (Å²) in [5.74, 6) is 1.96. The zero-order valence-electron chi connectivity index (χ0n) is 17.4. The molecule has 2 aromatic carbocycles. The average molecular weight is 404 g/mol. The minimum Gasteiger partial charge on any atom is -0.338 e. The van der Waals surface area contributed by atoms with Crippen molar-refractivity contribution in [3.8, 4) is 0 Å². The van der Waals surface area contributed by atoms with Crippen molar-refractivity contribution in [2.24, 2.45) is 0 Å². The number of anilines is 4. The zero-order valence-corrected chi connectivity index (χ0v) is 18.2. The maximum Gasteiger partial charge on any atom is 0.189 e. The molecule has 2 N–H and O–H groups in total. The quantitative estimate of drug-likeness (QED) is 0.392. The van der Waals surface area contributed by atoms with E-state index in [2.05, 4.69) is 90.8 Å². The number of rotatable bonds is 5. The number of thiazole rings is 1. The molecule has 0 aliphatic rings. The molecular weight excluding hydrogens is 378 g/mol. The molecule has 2 aromatic heterocycles. The van der Waals surface area contributed by atoms with E-state index in [1.165, 1.54) is 16.7 Å². The van der Waals surface area contributed by atoms with Crippen LogP contribution >= 0.6 is 11.3 Å². The summed E-state index contributed by atoms with van der Waals surface area (Å²) in [6, 6.07) is 14.7. The van der Waals surface area contributed by atoms with Crippen molar-refractivity contribution in [3.63, 3.8) is 0 Å². The lowest BCUT2D eigenvalue weighted by molar-refractivity contribution is 0.867. The highest BCUT2D eigenvalue weighted by Crippen LogP contribution is 2.33. The predicted molar refractivity (Wildman–Crippen MR) is 123 cm³/mol. The van der Waals surface area contributed by atoms with Crippen molar-refractivity contribution in [1.29, 1.82) is 0 Å². The van der Waals surface area contributed by atoms with Crippen molar-refractivity contribution in [2.45, 2.75) is 40.5 Å². The van der Waals surface area contributed by atoms with E-state index in [1.54, 1.807) is 11.3 Å². The Morgan fingerprint density at radius 2 is 1.52 bits per heavy atom. The molecule has 0 radical (unpaired) electrons. The third kappa shape index (κ3) is 4.07. The summed E-state index contributed by atoms with van der Waals surface area (Å²) in [6.45, 7) is 10.5. The Morgan fingerprint density at radius 1 is 0.828 bits per heavy atom. The van der Waals surface area contributed by atoms with E-state index in [0.717, 1.165) is 38.5 Å². The molecule has 0 fully saturated rings. The molecule has 0 unspecified atom stereocenters. The number of hydrogen-bond acceptors (Lipinski definition) is 6. The number of benzene rings is 2. The van der Waals surface area contributed by atoms with E-state index in [9.17, 15) is 0 Å². The molecule has 2 heterocycles. The maximum absolute atomic E-state index is 4.79. The molecule has 4 aromatic rings. The Balaban J connectivity index is 1.68. The van der Waals surface area contributed by atoms with Crippen LogP contribution in [0.3, 0.4) is 0 Å². The number of hydrogen-bond donors (Lipinski definition) is 2. The number of nitrogens with one attached hydrogen (secondary N) is 2. The molecular formula is C23H25N5S. The first-order valence-electron chi connectivity index (χ1n) is 9.76. The smallest absolute Gasteiger partial charge is 0.189 e. The SMILES string of the molecule is Cc1nc(Nc2ccc(C(C)C)cc2)c2nc(Nc3c(C)cccc3C)sc2n1. The van der Waals surface area contributed by atoms with Crippen molar-refractivity contribution in [2.75, 3.05) is 10.6 Å². The van der Waals surface area contributed by atoms with Crippen LogP contribution in [0.2, 0.25) is 0 Å². The van der Waals surface area contributed by atoms with Crippen LogP contribution in [-0.4, -0.2) is 15.0 Å². The summed E-state index contributed by atoms with van der Waals surface area (Å²) < 4.78 is 0. The van der Waals surface area contributed by atoms with E-state index in [4.69, 9.17) is 4.98 Å². The normalized spacial score (nSPS) is 11.2. The number of aryl methyl sites for hydroxylation is 3. The molecule has 29 heavy (non-hydrogen) atoms. The van der Waals surface area contributed by atoms with Crippen molar-refractivity contribution < 1.29 is 0 Å². The molecule has 0 saturated carbocycles. The predicted octanol–water partition coefficient (Wildman–Crippen LogP) is 6.62. The van der Waals surface area contributed by atoms with Gasteiger partial charge in [-0.05, 0) is 55.5 Å². The lowest BCUT2D eigenvalue weighted by atomic mass is 10.0. The molecule has 0 saturated heterocycles. The first-order chi connectivity index (χ1) is 13.9. The van der Waals surface area contributed by atoms with E-state index >= 15 is 0 Å². The maximum atomic E-state index is 4.79. The summed E-state index contributed by atoms with van der Waals surface area (Å²) in [5, 5.41) is 7.71. The van der Waals surface area contributed by atoms with E-state index in [-0.39, 0.29) is 0 Å². The second kappa shape index (κ2) is 7.79. The molecule has 0 bridgehead atoms. The monoisotopic (exact) mass is 403 g/mol. The highest BCUT2D eigenvalue weighted by atomic mass is 32.1. The van der Waals surface area contributed by atoms with E-state index < -0.39 is 0 Å². The lowest BCUT2D eigenvalue weighted by Crippen LogP contribution is -1.99. The van der Waals surface area contributed by atoms with Crippen LogP contribution in [0.15, 0.2) is 42.5 Å². The van der Waals surface area contributed by atoms with Gasteiger partial charge in [-0.25, -0.2) is 15.0 Å².